The zero-order valence-electron chi connectivity index (χ0n) is 18.1. The number of likely N-dealkylation sites (tertiary alicyclic amines) is 1. The Balaban J connectivity index is 1.34. The summed E-state index contributed by atoms with van der Waals surface area (Å²) >= 11 is 0. The summed E-state index contributed by atoms with van der Waals surface area (Å²) in [5.41, 5.74) is 3.79. The van der Waals surface area contributed by atoms with Gasteiger partial charge in [-0.25, -0.2) is 4.90 Å². The third kappa shape index (κ3) is 4.54. The lowest BCUT2D eigenvalue weighted by atomic mass is 9.94. The maximum absolute atomic E-state index is 13.1. The highest BCUT2D eigenvalue weighted by Gasteiger charge is 2.44. The van der Waals surface area contributed by atoms with Crippen molar-refractivity contribution in [2.75, 3.05) is 18.0 Å². The molecule has 2 fully saturated rings. The van der Waals surface area contributed by atoms with Gasteiger partial charge in [-0.15, -0.1) is 0 Å². The van der Waals surface area contributed by atoms with E-state index < -0.39 is 6.04 Å². The second kappa shape index (κ2) is 9.02. The average Bonchev–Trinajstić information content (AvgIpc) is 3.07. The Morgan fingerprint density at radius 2 is 1.74 bits per heavy atom. The Hall–Kier alpha value is -2.99. The van der Waals surface area contributed by atoms with Crippen molar-refractivity contribution in [3.05, 3.63) is 65.2 Å². The third-order valence-electron chi connectivity index (χ3n) is 6.37. The fourth-order valence-corrected chi connectivity index (χ4v) is 4.61. The minimum Gasteiger partial charge on any atom is -0.352 e. The van der Waals surface area contributed by atoms with Crippen molar-refractivity contribution >= 4 is 23.4 Å². The van der Waals surface area contributed by atoms with E-state index in [2.05, 4.69) is 10.2 Å². The Kier molecular flexibility index (Phi) is 6.18. The summed E-state index contributed by atoms with van der Waals surface area (Å²) in [6.45, 7) is 5.74. The van der Waals surface area contributed by atoms with Crippen LogP contribution in [0.5, 0.6) is 0 Å². The van der Waals surface area contributed by atoms with Crippen LogP contribution >= 0.6 is 0 Å². The molecule has 2 aliphatic heterocycles. The molecule has 4 rings (SSSR count). The Bertz CT molecular complexity index is 981. The molecule has 1 atom stereocenters. The summed E-state index contributed by atoms with van der Waals surface area (Å²) < 4.78 is 0. The molecule has 0 saturated carbocycles. The summed E-state index contributed by atoms with van der Waals surface area (Å²) in [6, 6.07) is 15.2. The van der Waals surface area contributed by atoms with Gasteiger partial charge >= 0.3 is 0 Å². The second-order valence-corrected chi connectivity index (χ2v) is 8.59. The maximum atomic E-state index is 13.1. The van der Waals surface area contributed by atoms with Gasteiger partial charge in [0.05, 0.1) is 18.2 Å². The molecule has 6 heteroatoms. The molecule has 0 spiro atoms. The fourth-order valence-electron chi connectivity index (χ4n) is 4.61. The van der Waals surface area contributed by atoms with Crippen LogP contribution in [0.3, 0.4) is 0 Å². The van der Waals surface area contributed by atoms with E-state index in [1.54, 1.807) is 0 Å². The van der Waals surface area contributed by atoms with E-state index in [0.717, 1.165) is 16.7 Å². The minimum absolute atomic E-state index is 0.0531. The fraction of sp³-hybridized carbons (Fsp3) is 0.400. The minimum atomic E-state index is -0.429. The van der Waals surface area contributed by atoms with E-state index in [4.69, 9.17) is 0 Å². The first-order valence-corrected chi connectivity index (χ1v) is 10.9. The number of imide groups is 1. The SMILES string of the molecule is Cc1ccc(N2C(=O)CC(N3CCC(C(=O)NCc4ccccc4)CC3)C2=O)c(C)c1. The molecule has 162 valence electrons. The summed E-state index contributed by atoms with van der Waals surface area (Å²) in [6.07, 6.45) is 1.60. The van der Waals surface area contributed by atoms with Gasteiger partial charge in [-0.05, 0) is 57.0 Å². The monoisotopic (exact) mass is 419 g/mol. The molecule has 1 N–H and O–H groups in total. The summed E-state index contributed by atoms with van der Waals surface area (Å²) in [5.74, 6) is -0.287. The summed E-state index contributed by atoms with van der Waals surface area (Å²) in [7, 11) is 0. The van der Waals surface area contributed by atoms with Crippen LogP contribution in [-0.4, -0.2) is 41.8 Å². The van der Waals surface area contributed by atoms with Gasteiger partial charge in [0, 0.05) is 12.5 Å². The number of rotatable bonds is 5. The normalized spacial score (nSPS) is 20.3. The highest BCUT2D eigenvalue weighted by atomic mass is 16.2. The number of benzene rings is 2. The molecule has 1 unspecified atom stereocenters. The van der Waals surface area contributed by atoms with Gasteiger partial charge in [0.25, 0.3) is 5.91 Å². The lowest BCUT2D eigenvalue weighted by Crippen LogP contribution is -2.48. The Labute approximate surface area is 183 Å². The first kappa shape index (κ1) is 21.2. The topological polar surface area (TPSA) is 69.7 Å². The zero-order chi connectivity index (χ0) is 22.0. The van der Waals surface area contributed by atoms with Gasteiger partial charge in [-0.1, -0.05) is 48.0 Å². The Morgan fingerprint density at radius 3 is 2.42 bits per heavy atom. The van der Waals surface area contributed by atoms with Crippen molar-refractivity contribution in [3.8, 4) is 0 Å². The molecule has 3 amide bonds. The lowest BCUT2D eigenvalue weighted by molar-refractivity contribution is -0.127. The van der Waals surface area contributed by atoms with Crippen molar-refractivity contribution in [2.24, 2.45) is 5.92 Å². The molecule has 2 aromatic carbocycles. The van der Waals surface area contributed by atoms with Crippen molar-refractivity contribution in [1.82, 2.24) is 10.2 Å². The molecule has 2 aliphatic rings. The average molecular weight is 420 g/mol. The highest BCUT2D eigenvalue weighted by Crippen LogP contribution is 2.31. The number of aryl methyl sites for hydroxylation is 2. The number of anilines is 1. The van der Waals surface area contributed by atoms with Crippen LogP contribution in [0.25, 0.3) is 0 Å². The standard InChI is InChI=1S/C25H29N3O3/c1-17-8-9-21(18(2)14-17)28-23(29)15-22(25(28)31)27-12-10-20(11-13-27)24(30)26-16-19-6-4-3-5-7-19/h3-9,14,20,22H,10-13,15-16H2,1-2H3,(H,26,30). The van der Waals surface area contributed by atoms with E-state index in [1.165, 1.54) is 4.90 Å². The molecule has 0 aliphatic carbocycles. The number of hydrogen-bond donors (Lipinski definition) is 1. The Morgan fingerprint density at radius 1 is 1.03 bits per heavy atom. The van der Waals surface area contributed by atoms with Crippen molar-refractivity contribution in [2.45, 2.75) is 45.7 Å². The molecule has 2 heterocycles. The third-order valence-corrected chi connectivity index (χ3v) is 6.37. The van der Waals surface area contributed by atoms with Crippen LogP contribution in [0.2, 0.25) is 0 Å². The van der Waals surface area contributed by atoms with E-state index in [1.807, 2.05) is 62.4 Å². The summed E-state index contributed by atoms with van der Waals surface area (Å²) in [4.78, 5) is 41.8. The highest BCUT2D eigenvalue weighted by molar-refractivity contribution is 6.22. The number of amides is 3. The van der Waals surface area contributed by atoms with Crippen LogP contribution in [0.4, 0.5) is 5.69 Å². The van der Waals surface area contributed by atoms with Gasteiger partial charge in [0.15, 0.2) is 0 Å². The smallest absolute Gasteiger partial charge is 0.251 e. The van der Waals surface area contributed by atoms with E-state index in [9.17, 15) is 14.4 Å². The van der Waals surface area contributed by atoms with Crippen molar-refractivity contribution in [1.29, 1.82) is 0 Å². The first-order chi connectivity index (χ1) is 14.9. The maximum Gasteiger partial charge on any atom is 0.251 e. The van der Waals surface area contributed by atoms with Crippen LogP contribution in [0, 0.1) is 19.8 Å². The largest absolute Gasteiger partial charge is 0.352 e. The number of nitrogens with zero attached hydrogens (tertiary/aromatic N) is 2. The first-order valence-electron chi connectivity index (χ1n) is 10.9. The molecule has 2 aromatic rings. The van der Waals surface area contributed by atoms with Gasteiger partial charge in [-0.2, -0.15) is 0 Å². The van der Waals surface area contributed by atoms with Gasteiger partial charge in [0.1, 0.15) is 0 Å². The molecule has 31 heavy (non-hydrogen) atoms. The van der Waals surface area contributed by atoms with Gasteiger partial charge in [0.2, 0.25) is 11.8 Å². The number of nitrogens with one attached hydrogen (secondary N) is 1. The molecule has 0 bridgehead atoms. The number of piperidine rings is 1. The molecule has 6 nitrogen and oxygen atoms in total. The molecule has 2 saturated heterocycles. The molecular weight excluding hydrogens is 390 g/mol. The van der Waals surface area contributed by atoms with Crippen LogP contribution in [0.15, 0.2) is 48.5 Å². The van der Waals surface area contributed by atoms with E-state index in [0.29, 0.717) is 38.2 Å². The zero-order valence-corrected chi connectivity index (χ0v) is 18.1. The predicted octanol–water partition coefficient (Wildman–Crippen LogP) is 2.96. The van der Waals surface area contributed by atoms with Crippen molar-refractivity contribution in [3.63, 3.8) is 0 Å². The number of carbonyl (C=O) groups excluding carboxylic acids is 3. The number of hydrogen-bond acceptors (Lipinski definition) is 4. The van der Waals surface area contributed by atoms with Crippen LogP contribution in [0.1, 0.15) is 36.0 Å². The van der Waals surface area contributed by atoms with Crippen molar-refractivity contribution < 1.29 is 14.4 Å². The van der Waals surface area contributed by atoms with Crippen LogP contribution < -0.4 is 10.2 Å². The molecular formula is C25H29N3O3. The predicted molar refractivity (Wildman–Crippen MR) is 119 cm³/mol. The van der Waals surface area contributed by atoms with Crippen LogP contribution in [-0.2, 0) is 20.9 Å². The molecule has 0 aromatic heterocycles. The van der Waals surface area contributed by atoms with Gasteiger partial charge < -0.3 is 5.32 Å². The number of carbonyl (C=O) groups is 3. The lowest BCUT2D eigenvalue weighted by Gasteiger charge is -2.34. The quantitative estimate of drug-likeness (QED) is 0.757. The summed E-state index contributed by atoms with van der Waals surface area (Å²) in [5, 5.41) is 3.02. The second-order valence-electron chi connectivity index (χ2n) is 8.59. The van der Waals surface area contributed by atoms with Gasteiger partial charge in [-0.3, -0.25) is 19.3 Å². The van der Waals surface area contributed by atoms with E-state index in [-0.39, 0.29) is 30.1 Å². The molecule has 0 radical (unpaired) electrons. The van der Waals surface area contributed by atoms with E-state index >= 15 is 0 Å².